The molecule has 2 rings (SSSR count). The minimum absolute atomic E-state index is 0.178. The quantitative estimate of drug-likeness (QED) is 0.600. The molecule has 0 heterocycles. The molecule has 0 saturated heterocycles. The number of nitrogens with zero attached hydrogens (tertiary/aromatic N) is 1. The van der Waals surface area contributed by atoms with Gasteiger partial charge in [0, 0.05) is 6.07 Å². The van der Waals surface area contributed by atoms with Crippen LogP contribution in [0.25, 0.3) is 0 Å². The SMILES string of the molecule is O=C(O)c1cc([N+](=O)[O-])c(C(=O)O)c2c1CC2. The molecule has 0 saturated carbocycles. The second-order valence-corrected chi connectivity index (χ2v) is 3.64. The van der Waals surface area contributed by atoms with Gasteiger partial charge in [-0.15, -0.1) is 0 Å². The molecule has 17 heavy (non-hydrogen) atoms. The Labute approximate surface area is 94.4 Å². The number of benzene rings is 1. The lowest BCUT2D eigenvalue weighted by atomic mass is 9.80. The van der Waals surface area contributed by atoms with Gasteiger partial charge < -0.3 is 10.2 Å². The second-order valence-electron chi connectivity index (χ2n) is 3.64. The second kappa shape index (κ2) is 3.55. The van der Waals surface area contributed by atoms with Crippen molar-refractivity contribution < 1.29 is 24.7 Å². The lowest BCUT2D eigenvalue weighted by Gasteiger charge is -2.22. The fourth-order valence-electron chi connectivity index (χ4n) is 1.97. The van der Waals surface area contributed by atoms with Crippen molar-refractivity contribution in [3.05, 3.63) is 38.4 Å². The third-order valence-corrected chi connectivity index (χ3v) is 2.79. The Balaban J connectivity index is 2.78. The molecule has 1 aliphatic rings. The number of nitro groups is 1. The van der Waals surface area contributed by atoms with Crippen molar-refractivity contribution in [3.8, 4) is 0 Å². The van der Waals surface area contributed by atoms with E-state index in [1.165, 1.54) is 0 Å². The van der Waals surface area contributed by atoms with E-state index in [-0.39, 0.29) is 16.7 Å². The van der Waals surface area contributed by atoms with Crippen LogP contribution in [0.15, 0.2) is 6.07 Å². The fourth-order valence-corrected chi connectivity index (χ4v) is 1.97. The van der Waals surface area contributed by atoms with Crippen molar-refractivity contribution in [2.75, 3.05) is 0 Å². The molecule has 0 aromatic heterocycles. The minimum atomic E-state index is -1.40. The molecule has 0 unspecified atom stereocenters. The van der Waals surface area contributed by atoms with Crippen LogP contribution in [-0.2, 0) is 12.8 Å². The van der Waals surface area contributed by atoms with Crippen molar-refractivity contribution in [2.24, 2.45) is 0 Å². The Kier molecular flexibility index (Phi) is 2.31. The number of carboxylic acid groups (broad SMARTS) is 2. The standard InChI is InChI=1S/C10H7NO6/c12-9(13)6-3-7(11(16)17)8(10(14)15)5-2-1-4(5)6/h3H,1-2H2,(H,12,13)(H,14,15). The van der Waals surface area contributed by atoms with Crippen molar-refractivity contribution in [1.82, 2.24) is 0 Å². The van der Waals surface area contributed by atoms with E-state index in [1.807, 2.05) is 0 Å². The highest BCUT2D eigenvalue weighted by Crippen LogP contribution is 2.36. The fraction of sp³-hybridized carbons (Fsp3) is 0.200. The summed E-state index contributed by atoms with van der Waals surface area (Å²) in [5.41, 5.74) is -0.567. The number of hydrogen-bond donors (Lipinski definition) is 2. The van der Waals surface area contributed by atoms with Crippen LogP contribution in [0.5, 0.6) is 0 Å². The molecular formula is C10H7NO6. The van der Waals surface area contributed by atoms with Gasteiger partial charge in [0.15, 0.2) is 0 Å². The summed E-state index contributed by atoms with van der Waals surface area (Å²) in [4.78, 5) is 31.7. The summed E-state index contributed by atoms with van der Waals surface area (Å²) in [5, 5.41) is 28.6. The maximum atomic E-state index is 11.0. The van der Waals surface area contributed by atoms with Crippen LogP contribution >= 0.6 is 0 Å². The van der Waals surface area contributed by atoms with Crippen molar-refractivity contribution in [3.63, 3.8) is 0 Å². The van der Waals surface area contributed by atoms with Gasteiger partial charge in [-0.1, -0.05) is 0 Å². The highest BCUT2D eigenvalue weighted by molar-refractivity contribution is 6.00. The Morgan fingerprint density at radius 3 is 2.12 bits per heavy atom. The Bertz CT molecular complexity index is 562. The zero-order chi connectivity index (χ0) is 12.7. The van der Waals surface area contributed by atoms with Gasteiger partial charge in [-0.25, -0.2) is 9.59 Å². The number of rotatable bonds is 3. The first-order chi connectivity index (χ1) is 7.93. The molecule has 0 atom stereocenters. The van der Waals surface area contributed by atoms with E-state index in [0.29, 0.717) is 18.4 Å². The van der Waals surface area contributed by atoms with Crippen LogP contribution in [0.1, 0.15) is 31.8 Å². The molecule has 1 aliphatic carbocycles. The summed E-state index contributed by atoms with van der Waals surface area (Å²) in [6.07, 6.45) is 0.800. The van der Waals surface area contributed by atoms with Gasteiger partial charge in [-0.2, -0.15) is 0 Å². The van der Waals surface area contributed by atoms with E-state index < -0.39 is 22.5 Å². The topological polar surface area (TPSA) is 118 Å². The van der Waals surface area contributed by atoms with E-state index in [1.54, 1.807) is 0 Å². The van der Waals surface area contributed by atoms with E-state index in [0.717, 1.165) is 6.07 Å². The summed E-state index contributed by atoms with van der Waals surface area (Å²) in [6.45, 7) is 0. The zero-order valence-corrected chi connectivity index (χ0v) is 8.47. The molecule has 1 aromatic rings. The largest absolute Gasteiger partial charge is 0.478 e. The first-order valence-corrected chi connectivity index (χ1v) is 4.73. The van der Waals surface area contributed by atoms with E-state index in [4.69, 9.17) is 10.2 Å². The third-order valence-electron chi connectivity index (χ3n) is 2.79. The monoisotopic (exact) mass is 237 g/mol. The molecule has 0 radical (unpaired) electrons. The minimum Gasteiger partial charge on any atom is -0.478 e. The maximum absolute atomic E-state index is 11.0. The lowest BCUT2D eigenvalue weighted by Crippen LogP contribution is -2.21. The summed E-state index contributed by atoms with van der Waals surface area (Å²) in [5.74, 6) is -2.68. The van der Waals surface area contributed by atoms with Crippen LogP contribution in [0.4, 0.5) is 5.69 Å². The van der Waals surface area contributed by atoms with Gasteiger partial charge in [-0.3, -0.25) is 10.1 Å². The van der Waals surface area contributed by atoms with Crippen molar-refractivity contribution >= 4 is 17.6 Å². The van der Waals surface area contributed by atoms with E-state index >= 15 is 0 Å². The third kappa shape index (κ3) is 1.52. The Morgan fingerprint density at radius 2 is 1.76 bits per heavy atom. The van der Waals surface area contributed by atoms with Gasteiger partial charge >= 0.3 is 11.9 Å². The summed E-state index contributed by atoms with van der Waals surface area (Å²) >= 11 is 0. The maximum Gasteiger partial charge on any atom is 0.343 e. The zero-order valence-electron chi connectivity index (χ0n) is 8.47. The predicted molar refractivity (Wildman–Crippen MR) is 54.4 cm³/mol. The van der Waals surface area contributed by atoms with Crippen LogP contribution in [-0.4, -0.2) is 27.1 Å². The summed E-state index contributed by atoms with van der Waals surface area (Å²) in [6, 6.07) is 0.823. The molecular weight excluding hydrogens is 230 g/mol. The average molecular weight is 237 g/mol. The molecule has 88 valence electrons. The molecule has 0 spiro atoms. The molecule has 0 amide bonds. The average Bonchev–Trinajstić information content (AvgIpc) is 2.17. The van der Waals surface area contributed by atoms with Crippen LogP contribution in [0.2, 0.25) is 0 Å². The van der Waals surface area contributed by atoms with Crippen LogP contribution < -0.4 is 0 Å². The first-order valence-electron chi connectivity index (χ1n) is 4.73. The molecule has 7 heteroatoms. The highest BCUT2D eigenvalue weighted by Gasteiger charge is 2.34. The smallest absolute Gasteiger partial charge is 0.343 e. The van der Waals surface area contributed by atoms with Gasteiger partial charge in [0.25, 0.3) is 5.69 Å². The van der Waals surface area contributed by atoms with Gasteiger partial charge in [0.1, 0.15) is 5.56 Å². The lowest BCUT2D eigenvalue weighted by molar-refractivity contribution is -0.385. The normalized spacial score (nSPS) is 12.5. The number of nitro benzene ring substituents is 1. The molecule has 0 aliphatic heterocycles. The van der Waals surface area contributed by atoms with Gasteiger partial charge in [-0.05, 0) is 24.0 Å². The number of carboxylic acids is 2. The highest BCUT2D eigenvalue weighted by atomic mass is 16.6. The van der Waals surface area contributed by atoms with Crippen LogP contribution in [0, 0.1) is 10.1 Å². The van der Waals surface area contributed by atoms with Gasteiger partial charge in [0.2, 0.25) is 0 Å². The molecule has 2 N–H and O–H groups in total. The van der Waals surface area contributed by atoms with E-state index in [9.17, 15) is 19.7 Å². The van der Waals surface area contributed by atoms with Crippen molar-refractivity contribution in [1.29, 1.82) is 0 Å². The number of fused-ring (bicyclic) bond motifs is 1. The van der Waals surface area contributed by atoms with E-state index in [2.05, 4.69) is 0 Å². The number of aromatic carboxylic acids is 2. The molecule has 7 nitrogen and oxygen atoms in total. The Hall–Kier alpha value is -2.44. The molecule has 0 bridgehead atoms. The number of hydrogen-bond acceptors (Lipinski definition) is 4. The van der Waals surface area contributed by atoms with Crippen LogP contribution in [0.3, 0.4) is 0 Å². The predicted octanol–water partition coefficient (Wildman–Crippen LogP) is 1.09. The summed E-state index contributed by atoms with van der Waals surface area (Å²) < 4.78 is 0. The first kappa shape index (κ1) is 11.1. The van der Waals surface area contributed by atoms with Crippen molar-refractivity contribution in [2.45, 2.75) is 12.8 Å². The summed E-state index contributed by atoms with van der Waals surface area (Å²) in [7, 11) is 0. The van der Waals surface area contributed by atoms with Gasteiger partial charge in [0.05, 0.1) is 10.5 Å². The molecule has 1 aromatic carbocycles. The Morgan fingerprint density at radius 1 is 1.18 bits per heavy atom. The molecule has 0 fully saturated rings. The number of carbonyl (C=O) groups is 2.